The standard InChI is InChI=1S/C13H24O2Si/c1-7-10-16(11-8-2,12-9-3)15-14-13(4,5)6/h7-9H,1-3,10-12H2,4-6H3. The number of allylic oxidation sites excluding steroid dienone is 3. The SMILES string of the molecule is C=CC[Si](CC=C)(CC=C)OOC(C)(C)C. The summed E-state index contributed by atoms with van der Waals surface area (Å²) in [6.07, 6.45) is 5.68. The normalized spacial score (nSPS) is 12.2. The molecule has 0 atom stereocenters. The molecule has 0 N–H and O–H groups in total. The molecule has 0 unspecified atom stereocenters. The van der Waals surface area contributed by atoms with Gasteiger partial charge in [0.15, 0.2) is 0 Å². The molecule has 16 heavy (non-hydrogen) atoms. The van der Waals surface area contributed by atoms with E-state index in [9.17, 15) is 0 Å². The molecule has 2 nitrogen and oxygen atoms in total. The van der Waals surface area contributed by atoms with Crippen LogP contribution in [0.1, 0.15) is 20.8 Å². The molecule has 3 heteroatoms. The second kappa shape index (κ2) is 6.84. The smallest absolute Gasteiger partial charge is 0.250 e. The van der Waals surface area contributed by atoms with E-state index in [-0.39, 0.29) is 5.60 Å². The lowest BCUT2D eigenvalue weighted by molar-refractivity contribution is -0.285. The van der Waals surface area contributed by atoms with Crippen LogP contribution in [0.5, 0.6) is 0 Å². The minimum absolute atomic E-state index is 0.290. The van der Waals surface area contributed by atoms with Crippen LogP contribution in [-0.2, 0) is 9.46 Å². The van der Waals surface area contributed by atoms with Crippen LogP contribution in [-0.4, -0.2) is 13.9 Å². The number of rotatable bonds is 8. The molecule has 0 bridgehead atoms. The third-order valence-electron chi connectivity index (χ3n) is 2.02. The summed E-state index contributed by atoms with van der Waals surface area (Å²) >= 11 is 0. The maximum Gasteiger partial charge on any atom is 0.250 e. The summed E-state index contributed by atoms with van der Waals surface area (Å²) in [4.78, 5) is 5.47. The lowest BCUT2D eigenvalue weighted by Gasteiger charge is -2.30. The fourth-order valence-electron chi connectivity index (χ4n) is 1.35. The summed E-state index contributed by atoms with van der Waals surface area (Å²) in [6.45, 7) is 17.3. The van der Waals surface area contributed by atoms with Crippen molar-refractivity contribution in [3.8, 4) is 0 Å². The minimum Gasteiger partial charge on any atom is -0.285 e. The lowest BCUT2D eigenvalue weighted by Crippen LogP contribution is -2.39. The fraction of sp³-hybridized carbons (Fsp3) is 0.538. The Morgan fingerprint density at radius 2 is 1.31 bits per heavy atom. The molecule has 0 saturated carbocycles. The lowest BCUT2D eigenvalue weighted by atomic mass is 10.2. The monoisotopic (exact) mass is 240 g/mol. The first-order valence-corrected chi connectivity index (χ1v) is 8.11. The molecule has 0 aliphatic rings. The van der Waals surface area contributed by atoms with Crippen LogP contribution in [0.4, 0.5) is 0 Å². The number of hydrogen-bond acceptors (Lipinski definition) is 2. The van der Waals surface area contributed by atoms with Gasteiger partial charge in [0.05, 0.1) is 5.60 Å². The van der Waals surface area contributed by atoms with Gasteiger partial charge < -0.3 is 0 Å². The zero-order chi connectivity index (χ0) is 12.7. The summed E-state index contributed by atoms with van der Waals surface area (Å²) in [7, 11) is -1.98. The van der Waals surface area contributed by atoms with Gasteiger partial charge in [-0.1, -0.05) is 18.2 Å². The van der Waals surface area contributed by atoms with E-state index in [2.05, 4.69) is 19.7 Å². The van der Waals surface area contributed by atoms with Gasteiger partial charge in [-0.2, -0.15) is 0 Å². The van der Waals surface area contributed by atoms with Crippen LogP contribution in [0.3, 0.4) is 0 Å². The van der Waals surface area contributed by atoms with E-state index < -0.39 is 8.32 Å². The van der Waals surface area contributed by atoms with Gasteiger partial charge in [-0.3, -0.25) is 4.58 Å². The molecule has 0 amide bonds. The average Bonchev–Trinajstić information content (AvgIpc) is 2.15. The molecule has 0 aromatic carbocycles. The summed E-state index contributed by atoms with van der Waals surface area (Å²) in [5, 5.41) is 0. The van der Waals surface area contributed by atoms with Crippen LogP contribution in [0, 0.1) is 0 Å². The molecular weight excluding hydrogens is 216 g/mol. The molecule has 0 saturated heterocycles. The highest BCUT2D eigenvalue weighted by Gasteiger charge is 2.34. The Hall–Kier alpha value is -0.643. The fourth-order valence-corrected chi connectivity index (χ4v) is 4.06. The van der Waals surface area contributed by atoms with Crippen molar-refractivity contribution in [2.45, 2.75) is 44.5 Å². The van der Waals surface area contributed by atoms with Gasteiger partial charge in [0.1, 0.15) is 0 Å². The van der Waals surface area contributed by atoms with Crippen LogP contribution in [0.15, 0.2) is 38.0 Å². The Bertz CT molecular complexity index is 214. The van der Waals surface area contributed by atoms with E-state index in [4.69, 9.17) is 9.46 Å². The van der Waals surface area contributed by atoms with Gasteiger partial charge in [-0.15, -0.1) is 19.7 Å². The van der Waals surface area contributed by atoms with Gasteiger partial charge in [0, 0.05) is 0 Å². The third kappa shape index (κ3) is 6.05. The zero-order valence-electron chi connectivity index (χ0n) is 10.8. The molecule has 0 heterocycles. The van der Waals surface area contributed by atoms with Crippen molar-refractivity contribution < 1.29 is 9.46 Å². The Kier molecular flexibility index (Phi) is 6.56. The van der Waals surface area contributed by atoms with E-state index in [1.807, 2.05) is 39.0 Å². The molecule has 0 radical (unpaired) electrons. The highest BCUT2D eigenvalue weighted by Crippen LogP contribution is 2.26. The molecule has 0 aliphatic heterocycles. The van der Waals surface area contributed by atoms with Gasteiger partial charge in [0.25, 0.3) is 0 Å². The summed E-state index contributed by atoms with van der Waals surface area (Å²) in [5.41, 5.74) is -0.290. The van der Waals surface area contributed by atoms with Crippen molar-refractivity contribution in [2.24, 2.45) is 0 Å². The summed E-state index contributed by atoms with van der Waals surface area (Å²) in [6, 6.07) is 2.55. The highest BCUT2D eigenvalue weighted by atomic mass is 28.4. The van der Waals surface area contributed by atoms with Crippen molar-refractivity contribution in [2.75, 3.05) is 0 Å². The molecule has 0 aromatic heterocycles. The van der Waals surface area contributed by atoms with Crippen LogP contribution >= 0.6 is 0 Å². The van der Waals surface area contributed by atoms with Crippen molar-refractivity contribution in [1.82, 2.24) is 0 Å². The van der Waals surface area contributed by atoms with E-state index in [1.54, 1.807) is 0 Å². The first-order valence-electron chi connectivity index (χ1n) is 5.59. The summed E-state index contributed by atoms with van der Waals surface area (Å²) < 4.78 is 5.74. The van der Waals surface area contributed by atoms with E-state index in [0.29, 0.717) is 0 Å². The largest absolute Gasteiger partial charge is 0.285 e. The van der Waals surface area contributed by atoms with Crippen molar-refractivity contribution in [1.29, 1.82) is 0 Å². The maximum absolute atomic E-state index is 5.74. The second-order valence-corrected chi connectivity index (χ2v) is 8.70. The highest BCUT2D eigenvalue weighted by molar-refractivity contribution is 6.74. The molecule has 0 rings (SSSR count). The number of hydrogen-bond donors (Lipinski definition) is 0. The van der Waals surface area contributed by atoms with Gasteiger partial charge in [-0.25, -0.2) is 4.89 Å². The molecular formula is C13H24O2Si. The van der Waals surface area contributed by atoms with E-state index in [1.165, 1.54) is 0 Å². The van der Waals surface area contributed by atoms with Crippen molar-refractivity contribution in [3.63, 3.8) is 0 Å². The minimum atomic E-state index is -1.98. The zero-order valence-corrected chi connectivity index (χ0v) is 11.8. The molecule has 0 aliphatic carbocycles. The Morgan fingerprint density at radius 3 is 1.56 bits per heavy atom. The molecule has 0 aromatic rings. The molecule has 0 fully saturated rings. The van der Waals surface area contributed by atoms with Crippen LogP contribution in [0.25, 0.3) is 0 Å². The Labute approximate surface area is 101 Å². The first kappa shape index (κ1) is 15.4. The van der Waals surface area contributed by atoms with Crippen molar-refractivity contribution in [3.05, 3.63) is 38.0 Å². The van der Waals surface area contributed by atoms with Gasteiger partial charge in [-0.05, 0) is 38.9 Å². The van der Waals surface area contributed by atoms with E-state index in [0.717, 1.165) is 18.1 Å². The van der Waals surface area contributed by atoms with Crippen LogP contribution < -0.4 is 0 Å². The Balaban J connectivity index is 4.64. The van der Waals surface area contributed by atoms with Gasteiger partial charge >= 0.3 is 0 Å². The topological polar surface area (TPSA) is 18.5 Å². The molecule has 0 spiro atoms. The van der Waals surface area contributed by atoms with E-state index >= 15 is 0 Å². The van der Waals surface area contributed by atoms with Crippen molar-refractivity contribution >= 4 is 8.32 Å². The quantitative estimate of drug-likeness (QED) is 0.273. The van der Waals surface area contributed by atoms with Crippen LogP contribution in [0.2, 0.25) is 18.1 Å². The predicted molar refractivity (Wildman–Crippen MR) is 72.7 cm³/mol. The Morgan fingerprint density at radius 1 is 0.938 bits per heavy atom. The third-order valence-corrected chi connectivity index (χ3v) is 5.55. The second-order valence-electron chi connectivity index (χ2n) is 4.94. The average molecular weight is 240 g/mol. The summed E-state index contributed by atoms with van der Waals surface area (Å²) in [5.74, 6) is 0. The predicted octanol–water partition coefficient (Wildman–Crippen LogP) is 4.24. The first-order chi connectivity index (χ1) is 7.39. The molecule has 92 valence electrons. The van der Waals surface area contributed by atoms with Gasteiger partial charge in [0.2, 0.25) is 8.32 Å². The maximum atomic E-state index is 5.74.